The molecule has 0 aliphatic carbocycles. The van der Waals surface area contributed by atoms with Gasteiger partial charge in [-0.2, -0.15) is 16.8 Å². The Morgan fingerprint density at radius 3 is 2.86 bits per heavy atom. The normalized spacial score (nSPS) is 11.6. The molecule has 2 aromatic rings. The van der Waals surface area contributed by atoms with Crippen LogP contribution in [-0.4, -0.2) is 27.5 Å². The molecule has 110 valence electrons. The molecule has 1 amide bonds. The molecular weight excluding hydrogens is 282 g/mol. The van der Waals surface area contributed by atoms with Crippen LogP contribution in [0.4, 0.5) is 0 Å². The SMILES string of the molecule is CCc1ccc(Cn2ccccc2=NC(=O)CSC)cn1. The van der Waals surface area contributed by atoms with Crippen LogP contribution in [0, 0.1) is 0 Å². The van der Waals surface area contributed by atoms with Crippen LogP contribution in [0.15, 0.2) is 47.7 Å². The van der Waals surface area contributed by atoms with Crippen molar-refractivity contribution in [2.24, 2.45) is 4.99 Å². The van der Waals surface area contributed by atoms with Gasteiger partial charge in [0.2, 0.25) is 0 Å². The van der Waals surface area contributed by atoms with Gasteiger partial charge in [0.25, 0.3) is 5.91 Å². The van der Waals surface area contributed by atoms with Gasteiger partial charge in [0.05, 0.1) is 12.3 Å². The quantitative estimate of drug-likeness (QED) is 0.851. The highest BCUT2D eigenvalue weighted by Gasteiger charge is 2.00. The summed E-state index contributed by atoms with van der Waals surface area (Å²) in [6, 6.07) is 9.78. The summed E-state index contributed by atoms with van der Waals surface area (Å²) >= 11 is 1.48. The summed E-state index contributed by atoms with van der Waals surface area (Å²) in [5.41, 5.74) is 2.85. The smallest absolute Gasteiger partial charge is 0.257 e. The number of hydrogen-bond acceptors (Lipinski definition) is 3. The number of aryl methyl sites for hydroxylation is 1. The largest absolute Gasteiger partial charge is 0.328 e. The molecule has 4 nitrogen and oxygen atoms in total. The van der Waals surface area contributed by atoms with E-state index < -0.39 is 0 Å². The van der Waals surface area contributed by atoms with E-state index in [1.807, 2.05) is 47.5 Å². The number of carbonyl (C=O) groups excluding carboxylic acids is 1. The van der Waals surface area contributed by atoms with Crippen LogP contribution in [0.2, 0.25) is 0 Å². The highest BCUT2D eigenvalue weighted by molar-refractivity contribution is 7.99. The van der Waals surface area contributed by atoms with Crippen LogP contribution in [0.5, 0.6) is 0 Å². The van der Waals surface area contributed by atoms with Gasteiger partial charge in [0.15, 0.2) is 0 Å². The molecule has 2 aromatic heterocycles. The fourth-order valence-electron chi connectivity index (χ4n) is 1.94. The third-order valence-electron chi connectivity index (χ3n) is 3.02. The van der Waals surface area contributed by atoms with Crippen molar-refractivity contribution in [1.29, 1.82) is 0 Å². The van der Waals surface area contributed by atoms with E-state index in [-0.39, 0.29) is 5.91 Å². The molecule has 5 heteroatoms. The van der Waals surface area contributed by atoms with Gasteiger partial charge in [0, 0.05) is 18.1 Å². The molecule has 0 fully saturated rings. The lowest BCUT2D eigenvalue weighted by atomic mass is 10.2. The Morgan fingerprint density at radius 1 is 1.33 bits per heavy atom. The van der Waals surface area contributed by atoms with E-state index in [1.54, 1.807) is 0 Å². The van der Waals surface area contributed by atoms with E-state index in [4.69, 9.17) is 0 Å². The van der Waals surface area contributed by atoms with Gasteiger partial charge in [-0.1, -0.05) is 19.1 Å². The zero-order valence-corrected chi connectivity index (χ0v) is 13.1. The van der Waals surface area contributed by atoms with E-state index in [0.717, 1.165) is 17.7 Å². The Morgan fingerprint density at radius 2 is 2.19 bits per heavy atom. The molecule has 0 aliphatic rings. The van der Waals surface area contributed by atoms with Gasteiger partial charge >= 0.3 is 0 Å². The second kappa shape index (κ2) is 7.78. The summed E-state index contributed by atoms with van der Waals surface area (Å²) < 4.78 is 1.96. The highest BCUT2D eigenvalue weighted by atomic mass is 32.2. The number of carbonyl (C=O) groups is 1. The summed E-state index contributed by atoms with van der Waals surface area (Å²) in [6.45, 7) is 2.74. The second-order valence-electron chi connectivity index (χ2n) is 4.64. The van der Waals surface area contributed by atoms with E-state index in [1.165, 1.54) is 11.8 Å². The Balaban J connectivity index is 2.25. The Labute approximate surface area is 129 Å². The zero-order chi connectivity index (χ0) is 15.1. The summed E-state index contributed by atoms with van der Waals surface area (Å²) in [7, 11) is 0. The van der Waals surface area contributed by atoms with E-state index in [2.05, 4.69) is 23.0 Å². The van der Waals surface area contributed by atoms with Gasteiger partial charge < -0.3 is 4.57 Å². The van der Waals surface area contributed by atoms with Crippen molar-refractivity contribution >= 4 is 17.7 Å². The molecule has 21 heavy (non-hydrogen) atoms. The number of aromatic nitrogens is 2. The van der Waals surface area contributed by atoms with Crippen LogP contribution in [-0.2, 0) is 17.8 Å². The Hall–Kier alpha value is -1.88. The molecule has 0 aliphatic heterocycles. The molecular formula is C16H19N3OS. The molecule has 0 saturated heterocycles. The van der Waals surface area contributed by atoms with Crippen LogP contribution < -0.4 is 5.49 Å². The van der Waals surface area contributed by atoms with Crippen molar-refractivity contribution in [2.75, 3.05) is 12.0 Å². The number of hydrogen-bond donors (Lipinski definition) is 0. The average molecular weight is 301 g/mol. The van der Waals surface area contributed by atoms with Gasteiger partial charge in [-0.3, -0.25) is 9.78 Å². The number of rotatable bonds is 5. The van der Waals surface area contributed by atoms with E-state index >= 15 is 0 Å². The number of nitrogens with zero attached hydrogens (tertiary/aromatic N) is 3. The first-order valence-corrected chi connectivity index (χ1v) is 8.28. The number of amides is 1. The topological polar surface area (TPSA) is 47.2 Å². The lowest BCUT2D eigenvalue weighted by Gasteiger charge is -2.07. The van der Waals surface area contributed by atoms with Crippen LogP contribution in [0.1, 0.15) is 18.2 Å². The molecule has 0 saturated carbocycles. The van der Waals surface area contributed by atoms with Gasteiger partial charge in [-0.05, 0) is 36.4 Å². The first kappa shape index (κ1) is 15.5. The first-order chi connectivity index (χ1) is 10.2. The molecule has 0 N–H and O–H groups in total. The Bertz CT molecular complexity index is 662. The van der Waals surface area contributed by atoms with Crippen molar-refractivity contribution in [3.05, 3.63) is 59.5 Å². The summed E-state index contributed by atoms with van der Waals surface area (Å²) in [4.78, 5) is 20.2. The highest BCUT2D eigenvalue weighted by Crippen LogP contribution is 2.02. The minimum atomic E-state index is -0.109. The van der Waals surface area contributed by atoms with E-state index in [9.17, 15) is 4.79 Å². The Kier molecular flexibility index (Phi) is 5.75. The lowest BCUT2D eigenvalue weighted by Crippen LogP contribution is -2.22. The third kappa shape index (κ3) is 4.56. The minimum Gasteiger partial charge on any atom is -0.328 e. The predicted octanol–water partition coefficient (Wildman–Crippen LogP) is 2.28. The van der Waals surface area contributed by atoms with Gasteiger partial charge in [-0.25, -0.2) is 0 Å². The molecule has 0 atom stereocenters. The molecule has 0 spiro atoms. The maximum Gasteiger partial charge on any atom is 0.257 e. The van der Waals surface area contributed by atoms with E-state index in [0.29, 0.717) is 17.8 Å². The number of thioether (sulfide) groups is 1. The van der Waals surface area contributed by atoms with Crippen LogP contribution in [0.25, 0.3) is 0 Å². The third-order valence-corrected chi connectivity index (χ3v) is 3.56. The summed E-state index contributed by atoms with van der Waals surface area (Å²) in [6.07, 6.45) is 6.64. The molecule has 0 aromatic carbocycles. The zero-order valence-electron chi connectivity index (χ0n) is 12.3. The fraction of sp³-hybridized carbons (Fsp3) is 0.312. The lowest BCUT2D eigenvalue weighted by molar-refractivity contribution is -0.115. The first-order valence-electron chi connectivity index (χ1n) is 6.88. The molecule has 0 radical (unpaired) electrons. The van der Waals surface area contributed by atoms with Crippen LogP contribution >= 0.6 is 11.8 Å². The standard InChI is InChI=1S/C16H19N3OS/c1-3-14-8-7-13(10-17-14)11-19-9-5-4-6-15(19)18-16(20)12-21-2/h4-10H,3,11-12H2,1-2H3. The van der Waals surface area contributed by atoms with Crippen molar-refractivity contribution in [2.45, 2.75) is 19.9 Å². The fourth-order valence-corrected chi connectivity index (χ4v) is 2.25. The average Bonchev–Trinajstić information content (AvgIpc) is 2.50. The maximum atomic E-state index is 11.7. The molecule has 2 heterocycles. The summed E-state index contributed by atoms with van der Waals surface area (Å²) in [5, 5.41) is 0. The van der Waals surface area contributed by atoms with Crippen molar-refractivity contribution < 1.29 is 4.79 Å². The molecule has 0 bridgehead atoms. The van der Waals surface area contributed by atoms with Crippen molar-refractivity contribution in [1.82, 2.24) is 9.55 Å². The van der Waals surface area contributed by atoms with Crippen molar-refractivity contribution in [3.8, 4) is 0 Å². The predicted molar refractivity (Wildman–Crippen MR) is 86.1 cm³/mol. The van der Waals surface area contributed by atoms with Gasteiger partial charge in [-0.15, -0.1) is 0 Å². The molecule has 2 rings (SSSR count). The monoisotopic (exact) mass is 301 g/mol. The number of pyridine rings is 2. The van der Waals surface area contributed by atoms with Gasteiger partial charge in [0.1, 0.15) is 5.49 Å². The molecule has 0 unspecified atom stereocenters. The minimum absolute atomic E-state index is 0.109. The summed E-state index contributed by atoms with van der Waals surface area (Å²) in [5.74, 6) is 0.295. The van der Waals surface area contributed by atoms with Crippen molar-refractivity contribution in [3.63, 3.8) is 0 Å². The second-order valence-corrected chi connectivity index (χ2v) is 5.50. The maximum absolute atomic E-state index is 11.7. The van der Waals surface area contributed by atoms with Crippen LogP contribution in [0.3, 0.4) is 0 Å².